The molecule has 2 heterocycles. The molecule has 1 atom stereocenters. The molecule has 0 saturated carbocycles. The minimum atomic E-state index is -0.694. The van der Waals surface area contributed by atoms with E-state index in [2.05, 4.69) is 4.99 Å². The monoisotopic (exact) mass is 598 g/mol. The van der Waals surface area contributed by atoms with Crippen molar-refractivity contribution in [3.05, 3.63) is 120 Å². The van der Waals surface area contributed by atoms with Crippen molar-refractivity contribution in [1.29, 1.82) is 0 Å². The lowest BCUT2D eigenvalue weighted by molar-refractivity contribution is -0.139. The molecule has 5 rings (SSSR count). The number of aromatic nitrogens is 1. The van der Waals surface area contributed by atoms with Crippen LogP contribution in [0.4, 0.5) is 0 Å². The summed E-state index contributed by atoms with van der Waals surface area (Å²) in [5.74, 6) is 1.42. The SMILES string of the molecule is CCOC(=O)C1=C(C)N=c2s/c(=C\c3ccc(OCc4ccccc4)c(OCC)c3)c(=O)n2[C@H]1c1ccc(OCC)cc1. The number of fused-ring (bicyclic) bond motifs is 1. The summed E-state index contributed by atoms with van der Waals surface area (Å²) >= 11 is 1.27. The van der Waals surface area contributed by atoms with Crippen molar-refractivity contribution in [1.82, 2.24) is 4.57 Å². The highest BCUT2D eigenvalue weighted by atomic mass is 32.1. The predicted octanol–water partition coefficient (Wildman–Crippen LogP) is 5.17. The third-order valence-electron chi connectivity index (χ3n) is 6.83. The summed E-state index contributed by atoms with van der Waals surface area (Å²) in [5.41, 5.74) is 3.19. The number of hydrogen-bond donors (Lipinski definition) is 0. The number of thiazole rings is 1. The molecule has 0 N–H and O–H groups in total. The van der Waals surface area contributed by atoms with Gasteiger partial charge in [-0.25, -0.2) is 9.79 Å². The predicted molar refractivity (Wildman–Crippen MR) is 166 cm³/mol. The van der Waals surface area contributed by atoms with Gasteiger partial charge in [0.2, 0.25) is 0 Å². The average molecular weight is 599 g/mol. The zero-order chi connectivity index (χ0) is 30.3. The van der Waals surface area contributed by atoms with Gasteiger partial charge in [-0.3, -0.25) is 9.36 Å². The molecular weight excluding hydrogens is 564 g/mol. The molecule has 9 heteroatoms. The fourth-order valence-corrected chi connectivity index (χ4v) is 5.96. The molecule has 0 fully saturated rings. The van der Waals surface area contributed by atoms with Crippen LogP contribution >= 0.6 is 11.3 Å². The van der Waals surface area contributed by atoms with Gasteiger partial charge in [0.25, 0.3) is 5.56 Å². The Morgan fingerprint density at radius 3 is 2.35 bits per heavy atom. The molecule has 1 aromatic heterocycles. The highest BCUT2D eigenvalue weighted by Crippen LogP contribution is 2.32. The lowest BCUT2D eigenvalue weighted by Gasteiger charge is -2.24. The summed E-state index contributed by atoms with van der Waals surface area (Å²) in [4.78, 5) is 32.3. The van der Waals surface area contributed by atoms with Crippen LogP contribution in [-0.4, -0.2) is 30.4 Å². The maximum Gasteiger partial charge on any atom is 0.338 e. The van der Waals surface area contributed by atoms with Gasteiger partial charge in [-0.2, -0.15) is 0 Å². The molecule has 1 aliphatic heterocycles. The third kappa shape index (κ3) is 6.57. The van der Waals surface area contributed by atoms with Crippen LogP contribution in [-0.2, 0) is 16.1 Å². The van der Waals surface area contributed by atoms with Crippen molar-refractivity contribution >= 4 is 23.4 Å². The highest BCUT2D eigenvalue weighted by molar-refractivity contribution is 7.07. The van der Waals surface area contributed by atoms with E-state index in [9.17, 15) is 9.59 Å². The van der Waals surface area contributed by atoms with Crippen LogP contribution in [0.25, 0.3) is 6.08 Å². The van der Waals surface area contributed by atoms with Crippen molar-refractivity contribution in [2.75, 3.05) is 19.8 Å². The molecule has 222 valence electrons. The normalized spacial score (nSPS) is 14.6. The number of benzene rings is 3. The van der Waals surface area contributed by atoms with Crippen LogP contribution in [0.3, 0.4) is 0 Å². The van der Waals surface area contributed by atoms with Crippen LogP contribution in [0.15, 0.2) is 93.9 Å². The maximum absolute atomic E-state index is 14.0. The van der Waals surface area contributed by atoms with Gasteiger partial charge in [0.15, 0.2) is 16.3 Å². The molecule has 0 radical (unpaired) electrons. The number of allylic oxidation sites excluding steroid dienone is 1. The van der Waals surface area contributed by atoms with E-state index in [1.54, 1.807) is 18.4 Å². The molecule has 0 unspecified atom stereocenters. The molecule has 1 aliphatic rings. The first kappa shape index (κ1) is 29.8. The number of carbonyl (C=O) groups excluding carboxylic acids is 1. The van der Waals surface area contributed by atoms with E-state index in [0.717, 1.165) is 16.7 Å². The van der Waals surface area contributed by atoms with E-state index >= 15 is 0 Å². The Labute approximate surface area is 254 Å². The zero-order valence-corrected chi connectivity index (χ0v) is 25.5. The van der Waals surface area contributed by atoms with E-state index in [1.165, 1.54) is 11.3 Å². The summed E-state index contributed by atoms with van der Waals surface area (Å²) in [6.45, 7) is 8.97. The van der Waals surface area contributed by atoms with E-state index in [0.29, 0.717) is 57.7 Å². The highest BCUT2D eigenvalue weighted by Gasteiger charge is 2.33. The number of esters is 1. The number of carbonyl (C=O) groups is 1. The minimum Gasteiger partial charge on any atom is -0.494 e. The molecule has 0 spiro atoms. The summed E-state index contributed by atoms with van der Waals surface area (Å²) < 4.78 is 25.0. The van der Waals surface area contributed by atoms with Gasteiger partial charge in [0.05, 0.1) is 41.7 Å². The van der Waals surface area contributed by atoms with Gasteiger partial charge in [-0.1, -0.05) is 59.9 Å². The Bertz CT molecular complexity index is 1810. The lowest BCUT2D eigenvalue weighted by atomic mass is 9.96. The Morgan fingerprint density at radius 1 is 0.907 bits per heavy atom. The van der Waals surface area contributed by atoms with Crippen LogP contribution < -0.4 is 29.1 Å². The van der Waals surface area contributed by atoms with Crippen LogP contribution in [0.2, 0.25) is 0 Å². The Kier molecular flexibility index (Phi) is 9.41. The molecular formula is C34H34N2O6S. The topological polar surface area (TPSA) is 88.4 Å². The van der Waals surface area contributed by atoms with Gasteiger partial charge in [0, 0.05) is 0 Å². The van der Waals surface area contributed by atoms with Gasteiger partial charge >= 0.3 is 5.97 Å². The van der Waals surface area contributed by atoms with Crippen molar-refractivity contribution in [2.24, 2.45) is 4.99 Å². The second-order valence-electron chi connectivity index (χ2n) is 9.72. The van der Waals surface area contributed by atoms with Crippen molar-refractivity contribution in [3.63, 3.8) is 0 Å². The summed E-state index contributed by atoms with van der Waals surface area (Å²) in [6.07, 6.45) is 1.81. The second kappa shape index (κ2) is 13.6. The molecule has 8 nitrogen and oxygen atoms in total. The fraction of sp³-hybridized carbons (Fsp3) is 0.265. The first-order chi connectivity index (χ1) is 20.9. The van der Waals surface area contributed by atoms with E-state index < -0.39 is 12.0 Å². The van der Waals surface area contributed by atoms with E-state index in [4.69, 9.17) is 18.9 Å². The van der Waals surface area contributed by atoms with Gasteiger partial charge in [-0.05, 0) is 74.7 Å². The van der Waals surface area contributed by atoms with Crippen molar-refractivity contribution in [3.8, 4) is 17.2 Å². The molecule has 0 amide bonds. The maximum atomic E-state index is 14.0. The van der Waals surface area contributed by atoms with Crippen LogP contribution in [0.5, 0.6) is 17.2 Å². The molecule has 43 heavy (non-hydrogen) atoms. The average Bonchev–Trinajstić information content (AvgIpc) is 3.31. The van der Waals surface area contributed by atoms with E-state index in [-0.39, 0.29) is 12.2 Å². The third-order valence-corrected chi connectivity index (χ3v) is 7.81. The minimum absolute atomic E-state index is 0.212. The molecule has 4 aromatic rings. The fourth-order valence-electron chi connectivity index (χ4n) is 4.91. The van der Waals surface area contributed by atoms with E-state index in [1.807, 2.05) is 92.7 Å². The molecule has 3 aromatic carbocycles. The Hall–Kier alpha value is -4.63. The number of hydrogen-bond acceptors (Lipinski definition) is 8. The molecule has 0 aliphatic carbocycles. The largest absolute Gasteiger partial charge is 0.494 e. The Balaban J connectivity index is 1.55. The van der Waals surface area contributed by atoms with Crippen molar-refractivity contribution < 1.29 is 23.7 Å². The summed E-state index contributed by atoms with van der Waals surface area (Å²) in [5, 5.41) is 0. The summed E-state index contributed by atoms with van der Waals surface area (Å²) in [7, 11) is 0. The number of nitrogens with zero attached hydrogens (tertiary/aromatic N) is 2. The first-order valence-electron chi connectivity index (χ1n) is 14.3. The zero-order valence-electron chi connectivity index (χ0n) is 24.7. The second-order valence-corrected chi connectivity index (χ2v) is 10.7. The quantitative estimate of drug-likeness (QED) is 0.221. The smallest absolute Gasteiger partial charge is 0.338 e. The summed E-state index contributed by atoms with van der Waals surface area (Å²) in [6, 6.07) is 22.2. The lowest BCUT2D eigenvalue weighted by Crippen LogP contribution is -2.39. The van der Waals surface area contributed by atoms with Gasteiger partial charge in [0.1, 0.15) is 12.4 Å². The number of ether oxygens (including phenoxy) is 4. The van der Waals surface area contributed by atoms with Gasteiger partial charge < -0.3 is 18.9 Å². The standard InChI is InChI=1S/C34H34N2O6S/c1-5-39-26-16-14-25(15-17-26)31-30(33(38)41-7-3)22(4)35-34-36(31)32(37)29(43-34)20-24-13-18-27(28(19-24)40-6-2)42-21-23-11-9-8-10-12-23/h8-20,31H,5-7,21H2,1-4H3/b29-20-/t31-/m0/s1. The first-order valence-corrected chi connectivity index (χ1v) is 15.1. The van der Waals surface area contributed by atoms with Crippen LogP contribution in [0, 0.1) is 0 Å². The Morgan fingerprint density at radius 2 is 1.65 bits per heavy atom. The molecule has 0 bridgehead atoms. The van der Waals surface area contributed by atoms with Gasteiger partial charge in [-0.15, -0.1) is 0 Å². The number of rotatable bonds is 11. The van der Waals surface area contributed by atoms with Crippen molar-refractivity contribution in [2.45, 2.75) is 40.3 Å². The van der Waals surface area contributed by atoms with Crippen LogP contribution in [0.1, 0.15) is 50.4 Å². The molecule has 0 saturated heterocycles.